The van der Waals surface area contributed by atoms with Gasteiger partial charge in [-0.15, -0.1) is 0 Å². The van der Waals surface area contributed by atoms with E-state index < -0.39 is 12.2 Å². The van der Waals surface area contributed by atoms with Crippen LogP contribution in [0.3, 0.4) is 0 Å². The molecule has 126 valence electrons. The van der Waals surface area contributed by atoms with E-state index in [1.807, 2.05) is 0 Å². The number of fused-ring (bicyclic) bond motifs is 1. The Morgan fingerprint density at radius 1 is 1.23 bits per heavy atom. The summed E-state index contributed by atoms with van der Waals surface area (Å²) in [5.41, 5.74) is 0.619. The van der Waals surface area contributed by atoms with Gasteiger partial charge in [-0.3, -0.25) is 0 Å². The van der Waals surface area contributed by atoms with Gasteiger partial charge in [-0.2, -0.15) is 0 Å². The number of aliphatic hydroxyl groups is 3. The van der Waals surface area contributed by atoms with Crippen molar-refractivity contribution in [1.29, 1.82) is 0 Å². The van der Waals surface area contributed by atoms with Gasteiger partial charge in [0.2, 0.25) is 0 Å². The van der Waals surface area contributed by atoms with E-state index in [0.29, 0.717) is 6.42 Å². The van der Waals surface area contributed by atoms with Crippen LogP contribution < -0.4 is 0 Å². The summed E-state index contributed by atoms with van der Waals surface area (Å²) in [5.74, 6) is 0.188. The Bertz CT molecular complexity index is 432. The van der Waals surface area contributed by atoms with Gasteiger partial charge in [-0.1, -0.05) is 45.1 Å². The minimum atomic E-state index is -0.531. The van der Waals surface area contributed by atoms with Crippen LogP contribution in [0.4, 0.5) is 0 Å². The van der Waals surface area contributed by atoms with E-state index >= 15 is 0 Å². The number of allylic oxidation sites excluding steroid dienone is 2. The highest BCUT2D eigenvalue weighted by molar-refractivity contribution is 5.13. The van der Waals surface area contributed by atoms with Crippen LogP contribution in [0, 0.1) is 22.7 Å². The van der Waals surface area contributed by atoms with Crippen molar-refractivity contribution in [3.63, 3.8) is 0 Å². The fraction of sp³-hybridized carbons (Fsp3) is 0.789. The zero-order valence-electron chi connectivity index (χ0n) is 14.1. The molecule has 3 nitrogen and oxygen atoms in total. The van der Waals surface area contributed by atoms with Crippen LogP contribution in [-0.4, -0.2) is 34.1 Å². The zero-order valence-corrected chi connectivity index (χ0v) is 14.1. The van der Waals surface area contributed by atoms with E-state index in [2.05, 4.69) is 27.0 Å². The molecule has 2 fully saturated rings. The van der Waals surface area contributed by atoms with E-state index in [-0.39, 0.29) is 29.3 Å². The first-order valence-electron chi connectivity index (χ1n) is 8.55. The maximum absolute atomic E-state index is 10.6. The highest BCUT2D eigenvalue weighted by atomic mass is 16.3. The molecule has 0 spiro atoms. The molecule has 0 bridgehead atoms. The molecule has 0 aromatic carbocycles. The molecular formula is C19H32O3. The Hall–Kier alpha value is -0.640. The van der Waals surface area contributed by atoms with Crippen LogP contribution in [0.15, 0.2) is 24.8 Å². The topological polar surface area (TPSA) is 60.7 Å². The van der Waals surface area contributed by atoms with Crippen molar-refractivity contribution in [3.05, 3.63) is 24.8 Å². The van der Waals surface area contributed by atoms with Crippen molar-refractivity contribution in [3.8, 4) is 0 Å². The monoisotopic (exact) mass is 308 g/mol. The number of hydrogen-bond acceptors (Lipinski definition) is 3. The largest absolute Gasteiger partial charge is 0.396 e. The molecule has 6 atom stereocenters. The molecule has 0 amide bonds. The first kappa shape index (κ1) is 17.7. The van der Waals surface area contributed by atoms with Crippen LogP contribution in [0.25, 0.3) is 0 Å². The maximum atomic E-state index is 10.6. The lowest BCUT2D eigenvalue weighted by molar-refractivity contribution is -0.192. The Labute approximate surface area is 134 Å². The lowest BCUT2D eigenvalue weighted by Crippen LogP contribution is -2.60. The van der Waals surface area contributed by atoms with Gasteiger partial charge in [-0.05, 0) is 54.8 Å². The van der Waals surface area contributed by atoms with Crippen molar-refractivity contribution < 1.29 is 15.3 Å². The lowest BCUT2D eigenvalue weighted by Gasteiger charge is -2.60. The summed E-state index contributed by atoms with van der Waals surface area (Å²) in [5, 5.41) is 31.2. The first-order chi connectivity index (χ1) is 10.3. The minimum Gasteiger partial charge on any atom is -0.396 e. The highest BCUT2D eigenvalue weighted by Gasteiger charge is 2.58. The van der Waals surface area contributed by atoms with E-state index in [4.69, 9.17) is 0 Å². The molecular weight excluding hydrogens is 276 g/mol. The molecule has 0 heterocycles. The van der Waals surface area contributed by atoms with Crippen molar-refractivity contribution in [1.82, 2.24) is 0 Å². The molecule has 2 aliphatic carbocycles. The van der Waals surface area contributed by atoms with Crippen LogP contribution in [0.1, 0.15) is 52.4 Å². The Morgan fingerprint density at radius 2 is 1.91 bits per heavy atom. The molecule has 0 radical (unpaired) electrons. The van der Waals surface area contributed by atoms with Gasteiger partial charge in [0.1, 0.15) is 0 Å². The molecule has 22 heavy (non-hydrogen) atoms. The average Bonchev–Trinajstić information content (AvgIpc) is 2.45. The van der Waals surface area contributed by atoms with E-state index in [1.165, 1.54) is 0 Å². The van der Waals surface area contributed by atoms with Crippen molar-refractivity contribution in [2.75, 3.05) is 6.61 Å². The molecule has 0 aliphatic heterocycles. The second-order valence-electron chi connectivity index (χ2n) is 8.03. The fourth-order valence-electron chi connectivity index (χ4n) is 5.43. The smallest absolute Gasteiger partial charge is 0.0604 e. The zero-order chi connectivity index (χ0) is 16.5. The SMILES string of the molecule is C=CC(=C)CC[C@H]1[C@H](O)C[C@H](O)[C@H]2[C@](C)(CO)CCC[C@]12C. The number of aliphatic hydroxyl groups excluding tert-OH is 3. The predicted molar refractivity (Wildman–Crippen MR) is 89.3 cm³/mol. The molecule has 0 aromatic heterocycles. The molecule has 0 aromatic rings. The van der Waals surface area contributed by atoms with Crippen LogP contribution >= 0.6 is 0 Å². The predicted octanol–water partition coefficient (Wildman–Crippen LogP) is 3.06. The Balaban J connectivity index is 2.29. The summed E-state index contributed by atoms with van der Waals surface area (Å²) in [6, 6.07) is 0. The number of rotatable bonds is 5. The van der Waals surface area contributed by atoms with Gasteiger partial charge >= 0.3 is 0 Å². The minimum absolute atomic E-state index is 0.0455. The third-order valence-corrected chi connectivity index (χ3v) is 6.53. The molecule has 0 unspecified atom stereocenters. The standard InChI is InChI=1S/C19H32O3/c1-5-13(2)7-8-14-15(21)11-16(22)17-18(3,12-20)9-6-10-19(14,17)4/h5,14-17,20-22H,1-2,6-12H2,3-4H3/t14-,15+,16-,17-,18-,19+/m0/s1. The normalized spacial score (nSPS) is 45.1. The van der Waals surface area contributed by atoms with Gasteiger partial charge in [-0.25, -0.2) is 0 Å². The average molecular weight is 308 g/mol. The summed E-state index contributed by atoms with van der Waals surface area (Å²) in [6.45, 7) is 12.1. The second kappa shape index (κ2) is 6.46. The second-order valence-corrected chi connectivity index (χ2v) is 8.03. The van der Waals surface area contributed by atoms with Gasteiger partial charge in [0.25, 0.3) is 0 Å². The van der Waals surface area contributed by atoms with Crippen LogP contribution in [0.2, 0.25) is 0 Å². The Morgan fingerprint density at radius 3 is 2.50 bits per heavy atom. The molecule has 3 N–H and O–H groups in total. The number of hydrogen-bond donors (Lipinski definition) is 3. The van der Waals surface area contributed by atoms with E-state index in [1.54, 1.807) is 6.08 Å². The van der Waals surface area contributed by atoms with Gasteiger partial charge in [0.05, 0.1) is 12.2 Å². The van der Waals surface area contributed by atoms with Crippen LogP contribution in [0.5, 0.6) is 0 Å². The lowest BCUT2D eigenvalue weighted by atomic mass is 9.46. The maximum Gasteiger partial charge on any atom is 0.0604 e. The molecule has 0 saturated heterocycles. The Kier molecular flexibility index (Phi) is 5.20. The van der Waals surface area contributed by atoms with Gasteiger partial charge in [0.15, 0.2) is 0 Å². The van der Waals surface area contributed by atoms with E-state index in [0.717, 1.165) is 37.7 Å². The summed E-state index contributed by atoms with van der Waals surface area (Å²) in [7, 11) is 0. The fourth-order valence-corrected chi connectivity index (χ4v) is 5.43. The summed E-state index contributed by atoms with van der Waals surface area (Å²) in [6.07, 6.45) is 5.89. The summed E-state index contributed by atoms with van der Waals surface area (Å²) < 4.78 is 0. The molecule has 3 heteroatoms. The van der Waals surface area contributed by atoms with Crippen LogP contribution in [-0.2, 0) is 0 Å². The molecule has 2 saturated carbocycles. The van der Waals surface area contributed by atoms with E-state index in [9.17, 15) is 15.3 Å². The van der Waals surface area contributed by atoms with Gasteiger partial charge < -0.3 is 15.3 Å². The molecule has 2 rings (SSSR count). The van der Waals surface area contributed by atoms with Crippen molar-refractivity contribution in [2.24, 2.45) is 22.7 Å². The van der Waals surface area contributed by atoms with Gasteiger partial charge in [0, 0.05) is 6.61 Å². The summed E-state index contributed by atoms with van der Waals surface area (Å²) >= 11 is 0. The van der Waals surface area contributed by atoms with Crippen molar-refractivity contribution in [2.45, 2.75) is 64.6 Å². The third kappa shape index (κ3) is 2.91. The first-order valence-corrected chi connectivity index (χ1v) is 8.55. The van der Waals surface area contributed by atoms with Crippen molar-refractivity contribution >= 4 is 0 Å². The quantitative estimate of drug-likeness (QED) is 0.684. The highest BCUT2D eigenvalue weighted by Crippen LogP contribution is 2.60. The third-order valence-electron chi connectivity index (χ3n) is 6.53. The molecule has 2 aliphatic rings. The summed E-state index contributed by atoms with van der Waals surface area (Å²) in [4.78, 5) is 0.